The highest BCUT2D eigenvalue weighted by atomic mass is 16.5. The van der Waals surface area contributed by atoms with Crippen molar-refractivity contribution in [3.8, 4) is 0 Å². The van der Waals surface area contributed by atoms with Crippen LogP contribution in [0.4, 0.5) is 0 Å². The van der Waals surface area contributed by atoms with Crippen LogP contribution in [0.25, 0.3) is 0 Å². The van der Waals surface area contributed by atoms with E-state index in [9.17, 15) is 19.8 Å². The molecule has 0 saturated carbocycles. The molecule has 0 aromatic carbocycles. The van der Waals surface area contributed by atoms with E-state index in [1.165, 1.54) is 385 Å². The number of allylic oxidation sites excluding steroid dienone is 7. The van der Waals surface area contributed by atoms with E-state index in [2.05, 4.69) is 55.6 Å². The number of unbranched alkanes of at least 4 members (excludes halogenated alkanes) is 62. The first kappa shape index (κ1) is 89.8. The smallest absolute Gasteiger partial charge is 0.305 e. The third-order valence-corrected chi connectivity index (χ3v) is 19.6. The lowest BCUT2D eigenvalue weighted by atomic mass is 10.0. The monoisotopic (exact) mass is 1290 g/mol. The normalized spacial score (nSPS) is 12.7. The summed E-state index contributed by atoms with van der Waals surface area (Å²) in [6, 6.07) is -0.628. The summed E-state index contributed by atoms with van der Waals surface area (Å²) in [5.74, 6) is -0.0514. The first-order valence-corrected chi connectivity index (χ1v) is 41.9. The first-order chi connectivity index (χ1) is 45.5. The van der Waals surface area contributed by atoms with Gasteiger partial charge in [0.15, 0.2) is 0 Å². The van der Waals surface area contributed by atoms with E-state index in [0.29, 0.717) is 19.4 Å². The fourth-order valence-corrected chi connectivity index (χ4v) is 13.2. The molecule has 0 bridgehead atoms. The van der Waals surface area contributed by atoms with Crippen molar-refractivity contribution in [1.82, 2.24) is 5.32 Å². The SMILES string of the molecule is CCCCCCCC/C=C\CCCCCCCC(=O)OCCCCCCCCCCCCC/C=C\C/C=C\CCCCCCCCCCCCCCCCCCCC(=O)NC(CO)C(O)/C=C/CCCCCCCCCCCCCCCCCCCCCCCCC. The quantitative estimate of drug-likeness (QED) is 0.0320. The molecule has 0 aromatic heterocycles. The van der Waals surface area contributed by atoms with Crippen LogP contribution < -0.4 is 5.32 Å². The van der Waals surface area contributed by atoms with Crippen molar-refractivity contribution >= 4 is 11.9 Å². The molecule has 0 spiro atoms. The van der Waals surface area contributed by atoms with Gasteiger partial charge in [-0.1, -0.05) is 409 Å². The molecule has 542 valence electrons. The maximum absolute atomic E-state index is 12.6. The van der Waals surface area contributed by atoms with Crippen molar-refractivity contribution in [3.63, 3.8) is 0 Å². The van der Waals surface area contributed by atoms with Crippen LogP contribution in [0.1, 0.15) is 463 Å². The van der Waals surface area contributed by atoms with E-state index < -0.39 is 12.1 Å². The van der Waals surface area contributed by atoms with Gasteiger partial charge in [0, 0.05) is 12.8 Å². The van der Waals surface area contributed by atoms with Gasteiger partial charge in [-0.2, -0.15) is 0 Å². The van der Waals surface area contributed by atoms with Gasteiger partial charge in [0.25, 0.3) is 0 Å². The van der Waals surface area contributed by atoms with E-state index in [0.717, 1.165) is 51.4 Å². The first-order valence-electron chi connectivity index (χ1n) is 41.9. The Hall–Kier alpha value is -2.18. The molecule has 6 nitrogen and oxygen atoms in total. The Morgan fingerprint density at radius 3 is 0.837 bits per heavy atom. The van der Waals surface area contributed by atoms with E-state index in [4.69, 9.17) is 4.74 Å². The third-order valence-electron chi connectivity index (χ3n) is 19.6. The highest BCUT2D eigenvalue weighted by Gasteiger charge is 2.18. The van der Waals surface area contributed by atoms with Crippen LogP contribution in [0.15, 0.2) is 48.6 Å². The van der Waals surface area contributed by atoms with Gasteiger partial charge in [-0.15, -0.1) is 0 Å². The summed E-state index contributed by atoms with van der Waals surface area (Å²) >= 11 is 0. The Morgan fingerprint density at radius 1 is 0.304 bits per heavy atom. The van der Waals surface area contributed by atoms with Crippen molar-refractivity contribution < 1.29 is 24.5 Å². The van der Waals surface area contributed by atoms with E-state index in [1.807, 2.05) is 6.08 Å². The van der Waals surface area contributed by atoms with E-state index in [-0.39, 0.29) is 18.5 Å². The van der Waals surface area contributed by atoms with E-state index >= 15 is 0 Å². The Kier molecular flexibility index (Phi) is 79.3. The minimum Gasteiger partial charge on any atom is -0.466 e. The Morgan fingerprint density at radius 2 is 0.543 bits per heavy atom. The largest absolute Gasteiger partial charge is 0.466 e. The molecule has 92 heavy (non-hydrogen) atoms. The molecule has 2 atom stereocenters. The second kappa shape index (κ2) is 81.2. The summed E-state index contributed by atoms with van der Waals surface area (Å²) in [5, 5.41) is 23.3. The molecule has 0 radical (unpaired) electrons. The van der Waals surface area contributed by atoms with Gasteiger partial charge in [-0.05, 0) is 89.9 Å². The summed E-state index contributed by atoms with van der Waals surface area (Å²) in [5.41, 5.74) is 0. The Bertz CT molecular complexity index is 1540. The molecule has 0 aliphatic heterocycles. The van der Waals surface area contributed by atoms with Gasteiger partial charge < -0.3 is 20.3 Å². The number of hydrogen-bond acceptors (Lipinski definition) is 5. The number of hydrogen-bond donors (Lipinski definition) is 3. The summed E-state index contributed by atoms with van der Waals surface area (Å²) in [7, 11) is 0. The molecular formula is C86H163NO5. The Labute approximate surface area is 576 Å². The lowest BCUT2D eigenvalue weighted by molar-refractivity contribution is -0.143. The summed E-state index contributed by atoms with van der Waals surface area (Å²) in [4.78, 5) is 24.6. The van der Waals surface area contributed by atoms with Crippen molar-refractivity contribution in [3.05, 3.63) is 48.6 Å². The lowest BCUT2D eigenvalue weighted by Gasteiger charge is -2.20. The van der Waals surface area contributed by atoms with Crippen molar-refractivity contribution in [2.75, 3.05) is 13.2 Å². The number of aliphatic hydroxyl groups excluding tert-OH is 2. The highest BCUT2D eigenvalue weighted by Crippen LogP contribution is 2.20. The molecule has 0 saturated heterocycles. The minimum absolute atomic E-state index is 0.00923. The fourth-order valence-electron chi connectivity index (χ4n) is 13.2. The number of ether oxygens (including phenoxy) is 1. The summed E-state index contributed by atoms with van der Waals surface area (Å²) in [6.07, 6.45) is 108. The van der Waals surface area contributed by atoms with Gasteiger partial charge in [-0.25, -0.2) is 0 Å². The van der Waals surface area contributed by atoms with Gasteiger partial charge >= 0.3 is 5.97 Å². The predicted octanol–water partition coefficient (Wildman–Crippen LogP) is 27.9. The van der Waals surface area contributed by atoms with Gasteiger partial charge in [0.1, 0.15) is 0 Å². The molecule has 0 aromatic rings. The molecule has 0 aliphatic carbocycles. The average molecular weight is 1290 g/mol. The van der Waals surface area contributed by atoms with Gasteiger partial charge in [0.2, 0.25) is 5.91 Å². The maximum atomic E-state index is 12.6. The second-order valence-corrected chi connectivity index (χ2v) is 28.8. The van der Waals surface area contributed by atoms with Gasteiger partial charge in [-0.3, -0.25) is 9.59 Å². The van der Waals surface area contributed by atoms with E-state index in [1.54, 1.807) is 6.08 Å². The number of carbonyl (C=O) groups excluding carboxylic acids is 2. The number of rotatable bonds is 79. The lowest BCUT2D eigenvalue weighted by Crippen LogP contribution is -2.45. The number of amides is 1. The third kappa shape index (κ3) is 76.8. The van der Waals surface area contributed by atoms with Crippen LogP contribution in [0.5, 0.6) is 0 Å². The molecule has 3 N–H and O–H groups in total. The number of esters is 1. The fraction of sp³-hybridized carbons (Fsp3) is 0.884. The summed E-state index contributed by atoms with van der Waals surface area (Å²) in [6.45, 7) is 4.94. The average Bonchev–Trinajstić information content (AvgIpc) is 3.57. The molecule has 0 heterocycles. The maximum Gasteiger partial charge on any atom is 0.305 e. The highest BCUT2D eigenvalue weighted by molar-refractivity contribution is 5.76. The number of carbonyl (C=O) groups is 2. The topological polar surface area (TPSA) is 95.9 Å². The molecule has 0 aliphatic rings. The molecule has 1 amide bonds. The number of aliphatic hydroxyl groups is 2. The van der Waals surface area contributed by atoms with Crippen LogP contribution in [0, 0.1) is 0 Å². The Balaban J connectivity index is 3.40. The van der Waals surface area contributed by atoms with Crippen molar-refractivity contribution in [2.24, 2.45) is 0 Å². The minimum atomic E-state index is -0.845. The predicted molar refractivity (Wildman–Crippen MR) is 407 cm³/mol. The van der Waals surface area contributed by atoms with Crippen LogP contribution in [0.3, 0.4) is 0 Å². The molecule has 6 heteroatoms. The van der Waals surface area contributed by atoms with Crippen LogP contribution in [-0.2, 0) is 14.3 Å². The standard InChI is InChI=1S/C86H163NO5/c1-3-5-7-9-11-13-15-17-19-20-21-22-23-35-38-41-44-47-51-54-58-62-66-70-74-78-84(89)83(82-88)87-85(90)79-75-71-67-63-59-55-52-48-45-42-39-36-33-31-29-27-25-24-26-28-30-32-34-37-40-43-46-49-53-57-61-65-69-73-77-81-92-86(91)80-76-72-68-64-60-56-50-18-16-14-12-10-8-6-4-2/h18,26,28,32,34,50,74,78,83-84,88-89H,3-17,19-25,27,29-31,33,35-49,51-73,75-77,79-82H2,1-2H3,(H,87,90)/b28-26-,34-32-,50-18-,78-74+. The van der Waals surface area contributed by atoms with Crippen molar-refractivity contribution in [1.29, 1.82) is 0 Å². The molecule has 2 unspecified atom stereocenters. The van der Waals surface area contributed by atoms with Crippen LogP contribution in [0.2, 0.25) is 0 Å². The molecular weight excluding hydrogens is 1130 g/mol. The number of nitrogens with one attached hydrogen (secondary N) is 1. The molecule has 0 fully saturated rings. The van der Waals surface area contributed by atoms with Gasteiger partial charge in [0.05, 0.1) is 25.4 Å². The molecule has 0 rings (SSSR count). The van der Waals surface area contributed by atoms with Crippen LogP contribution in [-0.4, -0.2) is 47.4 Å². The van der Waals surface area contributed by atoms with Crippen molar-refractivity contribution in [2.45, 2.75) is 475 Å². The second-order valence-electron chi connectivity index (χ2n) is 28.8. The zero-order valence-electron chi connectivity index (χ0n) is 62.3. The summed E-state index contributed by atoms with van der Waals surface area (Å²) < 4.78 is 5.50. The zero-order chi connectivity index (χ0) is 66.3. The zero-order valence-corrected chi connectivity index (χ0v) is 62.3. The van der Waals surface area contributed by atoms with Crippen LogP contribution >= 0.6 is 0 Å².